The fourth-order valence-corrected chi connectivity index (χ4v) is 3.48. The van der Waals surface area contributed by atoms with E-state index in [1.165, 1.54) is 5.56 Å². The van der Waals surface area contributed by atoms with Gasteiger partial charge in [0.05, 0.1) is 5.60 Å². The summed E-state index contributed by atoms with van der Waals surface area (Å²) in [6.07, 6.45) is 0. The number of hydrogen-bond acceptors (Lipinski definition) is 1. The topological polar surface area (TPSA) is 20.2 Å². The maximum atomic E-state index is 10.4. The third-order valence-corrected chi connectivity index (χ3v) is 4.34. The molecule has 1 aromatic rings. The highest BCUT2D eigenvalue weighted by atomic mass is 16.3. The zero-order valence-corrected chi connectivity index (χ0v) is 9.99. The molecule has 0 aromatic heterocycles. The second-order valence-corrected chi connectivity index (χ2v) is 5.37. The summed E-state index contributed by atoms with van der Waals surface area (Å²) in [6.45, 7) is 8.32. The lowest BCUT2D eigenvalue weighted by atomic mass is 9.78. The second kappa shape index (κ2) is 3.08. The predicted molar refractivity (Wildman–Crippen MR) is 62.7 cm³/mol. The summed E-state index contributed by atoms with van der Waals surface area (Å²) in [5, 5.41) is 10.4. The summed E-state index contributed by atoms with van der Waals surface area (Å²) in [5.41, 5.74) is 0.582. The molecule has 1 N–H and O–H groups in total. The van der Waals surface area contributed by atoms with Gasteiger partial charge in [0.25, 0.3) is 0 Å². The minimum absolute atomic E-state index is 0.0474. The van der Waals surface area contributed by atoms with Gasteiger partial charge in [0.15, 0.2) is 0 Å². The van der Waals surface area contributed by atoms with Crippen LogP contribution >= 0.6 is 0 Å². The monoisotopic (exact) mass is 204 g/mol. The van der Waals surface area contributed by atoms with Crippen LogP contribution in [-0.4, -0.2) is 10.7 Å². The molecule has 0 aliphatic heterocycles. The van der Waals surface area contributed by atoms with E-state index in [0.29, 0.717) is 11.8 Å². The summed E-state index contributed by atoms with van der Waals surface area (Å²) >= 11 is 0. The van der Waals surface area contributed by atoms with E-state index < -0.39 is 5.60 Å². The van der Waals surface area contributed by atoms with Crippen LogP contribution in [0.5, 0.6) is 0 Å². The molecule has 2 rings (SSSR count). The van der Waals surface area contributed by atoms with Crippen molar-refractivity contribution in [1.82, 2.24) is 0 Å². The first-order chi connectivity index (χ1) is 6.92. The number of aliphatic hydroxyl groups is 1. The smallest absolute Gasteiger partial charge is 0.0693 e. The molecule has 82 valence electrons. The van der Waals surface area contributed by atoms with Crippen molar-refractivity contribution in [3.8, 4) is 0 Å². The molecule has 1 nitrogen and oxygen atoms in total. The number of hydrogen-bond donors (Lipinski definition) is 1. The molecule has 0 heterocycles. The molecule has 15 heavy (non-hydrogen) atoms. The van der Waals surface area contributed by atoms with Gasteiger partial charge in [-0.1, -0.05) is 44.2 Å². The molecule has 1 aromatic carbocycles. The van der Waals surface area contributed by atoms with E-state index in [1.54, 1.807) is 0 Å². The molecule has 0 radical (unpaired) electrons. The molecule has 1 aliphatic carbocycles. The summed E-state index contributed by atoms with van der Waals surface area (Å²) in [4.78, 5) is 0. The normalized spacial score (nSPS) is 35.3. The molecule has 0 amide bonds. The van der Waals surface area contributed by atoms with Crippen molar-refractivity contribution in [3.05, 3.63) is 35.9 Å². The van der Waals surface area contributed by atoms with Gasteiger partial charge in [0.1, 0.15) is 0 Å². The third kappa shape index (κ3) is 1.26. The van der Waals surface area contributed by atoms with Gasteiger partial charge in [-0.05, 0) is 31.2 Å². The van der Waals surface area contributed by atoms with Crippen molar-refractivity contribution in [2.24, 2.45) is 11.8 Å². The van der Waals surface area contributed by atoms with Gasteiger partial charge in [-0.2, -0.15) is 0 Å². The molecular weight excluding hydrogens is 184 g/mol. The molecule has 0 saturated heterocycles. The van der Waals surface area contributed by atoms with Crippen molar-refractivity contribution < 1.29 is 5.11 Å². The van der Waals surface area contributed by atoms with E-state index in [-0.39, 0.29) is 5.41 Å². The van der Waals surface area contributed by atoms with Crippen LogP contribution in [0.1, 0.15) is 33.3 Å². The van der Waals surface area contributed by atoms with E-state index in [4.69, 9.17) is 0 Å². The highest BCUT2D eigenvalue weighted by molar-refractivity contribution is 5.39. The van der Waals surface area contributed by atoms with E-state index in [2.05, 4.69) is 38.1 Å². The quantitative estimate of drug-likeness (QED) is 0.785. The van der Waals surface area contributed by atoms with Crippen molar-refractivity contribution in [3.63, 3.8) is 0 Å². The maximum absolute atomic E-state index is 10.4. The molecule has 0 unspecified atom stereocenters. The number of benzene rings is 1. The van der Waals surface area contributed by atoms with Gasteiger partial charge in [0.2, 0.25) is 0 Å². The molecule has 1 aliphatic rings. The van der Waals surface area contributed by atoms with Gasteiger partial charge in [-0.3, -0.25) is 0 Å². The van der Waals surface area contributed by atoms with E-state index in [0.717, 1.165) is 0 Å². The van der Waals surface area contributed by atoms with Crippen LogP contribution in [0.4, 0.5) is 0 Å². The SMILES string of the molecule is C[C@@H]1[C@@H](C)C1(c1ccccc1)C(C)(C)O. The van der Waals surface area contributed by atoms with Crippen molar-refractivity contribution in [2.75, 3.05) is 0 Å². The Hall–Kier alpha value is -0.820. The Morgan fingerprint density at radius 3 is 1.87 bits per heavy atom. The Labute approximate surface area is 92.1 Å². The summed E-state index contributed by atoms with van der Waals surface area (Å²) in [7, 11) is 0. The van der Waals surface area contributed by atoms with Crippen LogP contribution in [0.15, 0.2) is 30.3 Å². The standard InChI is InChI=1S/C14H20O/c1-10-11(2)14(10,13(3,4)15)12-8-6-5-7-9-12/h5-11,15H,1-4H3/t10-,11-/m1/s1. The lowest BCUT2D eigenvalue weighted by Gasteiger charge is -2.32. The van der Waals surface area contributed by atoms with Gasteiger partial charge >= 0.3 is 0 Å². The molecule has 1 saturated carbocycles. The van der Waals surface area contributed by atoms with Gasteiger partial charge in [-0.15, -0.1) is 0 Å². The van der Waals surface area contributed by atoms with Crippen LogP contribution in [0.3, 0.4) is 0 Å². The number of rotatable bonds is 2. The minimum Gasteiger partial charge on any atom is -0.390 e. The van der Waals surface area contributed by atoms with E-state index in [1.807, 2.05) is 19.9 Å². The molecule has 0 spiro atoms. The zero-order chi connectivity index (χ0) is 11.3. The first kappa shape index (κ1) is 10.7. The first-order valence-electron chi connectivity index (χ1n) is 5.70. The summed E-state index contributed by atoms with van der Waals surface area (Å²) < 4.78 is 0. The predicted octanol–water partition coefficient (Wildman–Crippen LogP) is 2.98. The molecule has 1 fully saturated rings. The highest BCUT2D eigenvalue weighted by Gasteiger charge is 2.67. The van der Waals surface area contributed by atoms with Crippen molar-refractivity contribution in [2.45, 2.75) is 38.7 Å². The lowest BCUT2D eigenvalue weighted by Crippen LogP contribution is -2.38. The van der Waals surface area contributed by atoms with Crippen LogP contribution in [0, 0.1) is 11.8 Å². The minimum atomic E-state index is -0.646. The van der Waals surface area contributed by atoms with Crippen molar-refractivity contribution in [1.29, 1.82) is 0 Å². The van der Waals surface area contributed by atoms with Crippen LogP contribution in [-0.2, 0) is 5.41 Å². The third-order valence-electron chi connectivity index (χ3n) is 4.34. The van der Waals surface area contributed by atoms with Crippen LogP contribution < -0.4 is 0 Å². The molecule has 1 heteroatoms. The van der Waals surface area contributed by atoms with Gasteiger partial charge in [-0.25, -0.2) is 0 Å². The Morgan fingerprint density at radius 1 is 1.07 bits per heavy atom. The van der Waals surface area contributed by atoms with Gasteiger partial charge in [0, 0.05) is 5.41 Å². The molecular formula is C14H20O. The lowest BCUT2D eigenvalue weighted by molar-refractivity contribution is 0.0278. The highest BCUT2D eigenvalue weighted by Crippen LogP contribution is 2.64. The zero-order valence-electron chi connectivity index (χ0n) is 9.99. The van der Waals surface area contributed by atoms with Crippen molar-refractivity contribution >= 4 is 0 Å². The fraction of sp³-hybridized carbons (Fsp3) is 0.571. The summed E-state index contributed by atoms with van der Waals surface area (Å²) in [6, 6.07) is 10.4. The van der Waals surface area contributed by atoms with E-state index in [9.17, 15) is 5.11 Å². The van der Waals surface area contributed by atoms with Gasteiger partial charge < -0.3 is 5.11 Å². The van der Waals surface area contributed by atoms with Crippen LogP contribution in [0.2, 0.25) is 0 Å². The average Bonchev–Trinajstić information content (AvgIpc) is 2.71. The maximum Gasteiger partial charge on any atom is 0.0693 e. The Morgan fingerprint density at radius 2 is 1.53 bits per heavy atom. The van der Waals surface area contributed by atoms with Crippen LogP contribution in [0.25, 0.3) is 0 Å². The van der Waals surface area contributed by atoms with E-state index >= 15 is 0 Å². The largest absolute Gasteiger partial charge is 0.390 e. The average molecular weight is 204 g/mol. The molecule has 0 bridgehead atoms. The Kier molecular flexibility index (Phi) is 2.20. The Bertz CT molecular complexity index is 339. The Balaban J connectivity index is 2.48. The summed E-state index contributed by atoms with van der Waals surface area (Å²) in [5.74, 6) is 1.11. The first-order valence-corrected chi connectivity index (χ1v) is 5.70. The molecule has 2 atom stereocenters. The fourth-order valence-electron chi connectivity index (χ4n) is 3.48. The second-order valence-electron chi connectivity index (χ2n) is 5.37.